The van der Waals surface area contributed by atoms with Gasteiger partial charge in [-0.2, -0.15) is 0 Å². The number of carbonyl (C=O) groups is 3. The number of hydrogen-bond acceptors (Lipinski definition) is 7. The fourth-order valence-corrected chi connectivity index (χ4v) is 7.53. The Morgan fingerprint density at radius 1 is 0.500 bits per heavy atom. The predicted octanol–water partition coefficient (Wildman–Crippen LogP) is 13.4. The minimum Gasteiger partial charge on any atom is -0.544 e. The molecule has 2 atom stereocenters. The van der Waals surface area contributed by atoms with Crippen LogP contribution in [0.1, 0.15) is 226 Å². The fourth-order valence-electron chi connectivity index (χ4n) is 7.53. The SMILES string of the molecule is CC/C=C/C/C=C/C/C=C/C/C=C/CCCCCCCCCCCCC(=O)OC(COCCC(C(=O)[O-])[N+](C)(C)C)COC(=O)CCCCCCCCCCCCCCCCC. The smallest absolute Gasteiger partial charge is 0.306 e. The first-order valence-corrected chi connectivity index (χ1v) is 25.7. The Bertz CT molecular complexity index is 1150. The van der Waals surface area contributed by atoms with Gasteiger partial charge in [0, 0.05) is 19.3 Å². The molecule has 0 amide bonds. The van der Waals surface area contributed by atoms with Crippen LogP contribution in [0, 0.1) is 0 Å². The quantitative estimate of drug-likeness (QED) is 0.0260. The monoisotopic (exact) mass is 872 g/mol. The lowest BCUT2D eigenvalue weighted by atomic mass is 10.0. The second kappa shape index (κ2) is 44.9. The molecular formula is C54H97NO7. The van der Waals surface area contributed by atoms with Crippen molar-refractivity contribution in [1.82, 2.24) is 0 Å². The number of rotatable bonds is 46. The van der Waals surface area contributed by atoms with Crippen molar-refractivity contribution in [3.05, 3.63) is 48.6 Å². The summed E-state index contributed by atoms with van der Waals surface area (Å²) in [7, 11) is 5.42. The van der Waals surface area contributed by atoms with Gasteiger partial charge in [0.1, 0.15) is 12.6 Å². The molecule has 0 aliphatic heterocycles. The molecule has 62 heavy (non-hydrogen) atoms. The number of hydrogen-bond donors (Lipinski definition) is 0. The first-order valence-electron chi connectivity index (χ1n) is 25.7. The van der Waals surface area contributed by atoms with E-state index in [1.807, 2.05) is 0 Å². The number of carbonyl (C=O) groups excluding carboxylic acids is 3. The molecule has 8 nitrogen and oxygen atoms in total. The van der Waals surface area contributed by atoms with Gasteiger partial charge in [0.05, 0.1) is 40.3 Å². The van der Waals surface area contributed by atoms with Gasteiger partial charge in [0.15, 0.2) is 6.10 Å². The highest BCUT2D eigenvalue weighted by molar-refractivity contribution is 5.70. The standard InChI is InChI=1S/C54H97NO7/c1-6-8-10-12-14-16-18-20-22-23-24-25-26-27-28-29-31-33-35-37-39-41-43-45-53(57)62-50(48-60-47-46-51(54(58)59)55(3,4)5)49-61-52(56)44-42-40-38-36-34-32-30-21-19-17-15-13-11-9-7-2/h8,10,14,16,20,22,24-25,50-51H,6-7,9,11-13,15,17-19,21,23,26-49H2,1-5H3/b10-8+,16-14+,22-20+,25-24+. The van der Waals surface area contributed by atoms with Gasteiger partial charge in [-0.3, -0.25) is 9.59 Å². The van der Waals surface area contributed by atoms with Gasteiger partial charge in [-0.25, -0.2) is 0 Å². The van der Waals surface area contributed by atoms with Gasteiger partial charge in [0.25, 0.3) is 0 Å². The number of likely N-dealkylation sites (N-methyl/N-ethyl adjacent to an activating group) is 1. The minimum absolute atomic E-state index is 0.0410. The fraction of sp³-hybridized carbons (Fsp3) is 0.796. The number of carboxylic acid groups (broad SMARTS) is 1. The van der Waals surface area contributed by atoms with Gasteiger partial charge >= 0.3 is 11.9 Å². The molecule has 0 fully saturated rings. The van der Waals surface area contributed by atoms with Crippen LogP contribution < -0.4 is 5.11 Å². The van der Waals surface area contributed by atoms with Crippen LogP contribution in [0.4, 0.5) is 0 Å². The van der Waals surface area contributed by atoms with Crippen molar-refractivity contribution in [2.45, 2.75) is 238 Å². The summed E-state index contributed by atoms with van der Waals surface area (Å²) in [4.78, 5) is 37.0. The van der Waals surface area contributed by atoms with Gasteiger partial charge in [0.2, 0.25) is 0 Å². The van der Waals surface area contributed by atoms with Crippen LogP contribution in [-0.2, 0) is 28.6 Å². The lowest BCUT2D eigenvalue weighted by molar-refractivity contribution is -0.889. The Labute approximate surface area is 382 Å². The van der Waals surface area contributed by atoms with Crippen molar-refractivity contribution in [3.63, 3.8) is 0 Å². The van der Waals surface area contributed by atoms with Crippen LogP contribution in [0.25, 0.3) is 0 Å². The van der Waals surface area contributed by atoms with Crippen molar-refractivity contribution >= 4 is 17.9 Å². The number of ether oxygens (including phenoxy) is 3. The Morgan fingerprint density at radius 2 is 0.903 bits per heavy atom. The minimum atomic E-state index is -1.12. The molecule has 0 radical (unpaired) electrons. The Hall–Kier alpha value is -2.71. The van der Waals surface area contributed by atoms with Gasteiger partial charge in [-0.15, -0.1) is 0 Å². The maximum absolute atomic E-state index is 12.8. The third-order valence-corrected chi connectivity index (χ3v) is 11.5. The molecule has 0 aromatic carbocycles. The molecule has 0 spiro atoms. The van der Waals surface area contributed by atoms with Crippen LogP contribution in [0.5, 0.6) is 0 Å². The number of aliphatic carboxylic acids is 1. The molecule has 0 N–H and O–H groups in total. The molecule has 0 bridgehead atoms. The Morgan fingerprint density at radius 3 is 1.34 bits per heavy atom. The molecule has 0 aromatic heterocycles. The van der Waals surface area contributed by atoms with Crippen molar-refractivity contribution in [2.24, 2.45) is 0 Å². The van der Waals surface area contributed by atoms with Crippen molar-refractivity contribution in [3.8, 4) is 0 Å². The maximum Gasteiger partial charge on any atom is 0.306 e. The molecule has 2 unspecified atom stereocenters. The lowest BCUT2D eigenvalue weighted by Gasteiger charge is -2.34. The Balaban J connectivity index is 4.22. The van der Waals surface area contributed by atoms with E-state index in [0.717, 1.165) is 64.2 Å². The van der Waals surface area contributed by atoms with Crippen LogP contribution in [0.2, 0.25) is 0 Å². The topological polar surface area (TPSA) is 102 Å². The summed E-state index contributed by atoms with van der Waals surface area (Å²) >= 11 is 0. The van der Waals surface area contributed by atoms with Gasteiger partial charge < -0.3 is 28.6 Å². The molecular weight excluding hydrogens is 775 g/mol. The van der Waals surface area contributed by atoms with E-state index in [1.54, 1.807) is 21.1 Å². The Kier molecular flexibility index (Phi) is 42.9. The molecule has 0 aliphatic carbocycles. The second-order valence-corrected chi connectivity index (χ2v) is 18.4. The zero-order chi connectivity index (χ0) is 45.6. The number of carboxylic acids is 1. The van der Waals surface area contributed by atoms with Crippen LogP contribution in [0.3, 0.4) is 0 Å². The highest BCUT2D eigenvalue weighted by Crippen LogP contribution is 2.16. The normalized spacial score (nSPS) is 13.2. The van der Waals surface area contributed by atoms with E-state index in [2.05, 4.69) is 62.5 Å². The summed E-state index contributed by atoms with van der Waals surface area (Å²) in [5.41, 5.74) is 0. The largest absolute Gasteiger partial charge is 0.544 e. The molecule has 8 heteroatoms. The van der Waals surface area contributed by atoms with Gasteiger partial charge in [-0.05, 0) is 51.4 Å². The molecule has 0 aromatic rings. The summed E-state index contributed by atoms with van der Waals surface area (Å²) in [6.07, 6.45) is 54.2. The zero-order valence-electron chi connectivity index (χ0n) is 41.0. The zero-order valence-corrected chi connectivity index (χ0v) is 41.0. The van der Waals surface area contributed by atoms with E-state index in [4.69, 9.17) is 14.2 Å². The molecule has 0 aliphatic rings. The average molecular weight is 872 g/mol. The lowest BCUT2D eigenvalue weighted by Crippen LogP contribution is -2.55. The third kappa shape index (κ3) is 42.6. The van der Waals surface area contributed by atoms with E-state index in [1.165, 1.54) is 128 Å². The van der Waals surface area contributed by atoms with E-state index in [9.17, 15) is 19.5 Å². The van der Waals surface area contributed by atoms with Crippen molar-refractivity contribution in [2.75, 3.05) is 41.0 Å². The second-order valence-electron chi connectivity index (χ2n) is 18.4. The third-order valence-electron chi connectivity index (χ3n) is 11.5. The molecule has 0 saturated carbocycles. The van der Waals surface area contributed by atoms with E-state index in [-0.39, 0.29) is 42.7 Å². The number of nitrogens with zero attached hydrogens (tertiary/aromatic N) is 1. The van der Waals surface area contributed by atoms with Crippen LogP contribution in [-0.4, -0.2) is 75.5 Å². The number of esters is 2. The van der Waals surface area contributed by atoms with E-state index in [0.29, 0.717) is 12.8 Å². The van der Waals surface area contributed by atoms with E-state index >= 15 is 0 Å². The molecule has 360 valence electrons. The summed E-state index contributed by atoms with van der Waals surface area (Å²) in [6, 6.07) is -0.726. The first kappa shape index (κ1) is 59.3. The van der Waals surface area contributed by atoms with Gasteiger partial charge in [-0.1, -0.05) is 204 Å². The van der Waals surface area contributed by atoms with Crippen molar-refractivity contribution in [1.29, 1.82) is 0 Å². The predicted molar refractivity (Wildman–Crippen MR) is 259 cm³/mol. The van der Waals surface area contributed by atoms with Crippen LogP contribution >= 0.6 is 0 Å². The van der Waals surface area contributed by atoms with Crippen LogP contribution in [0.15, 0.2) is 48.6 Å². The summed E-state index contributed by atoms with van der Waals surface area (Å²) in [6.45, 7) is 4.57. The molecule has 0 heterocycles. The maximum atomic E-state index is 12.8. The number of allylic oxidation sites excluding steroid dienone is 8. The highest BCUT2D eigenvalue weighted by atomic mass is 16.6. The highest BCUT2D eigenvalue weighted by Gasteiger charge is 2.25. The summed E-state index contributed by atoms with van der Waals surface area (Å²) in [5, 5.41) is 11.7. The van der Waals surface area contributed by atoms with E-state index < -0.39 is 18.1 Å². The number of quaternary nitrogens is 1. The van der Waals surface area contributed by atoms with Crippen molar-refractivity contribution < 1.29 is 38.2 Å². The number of unbranched alkanes of at least 4 members (excludes halogenated alkanes) is 24. The summed E-state index contributed by atoms with van der Waals surface area (Å²) in [5.74, 6) is -1.73. The molecule has 0 saturated heterocycles. The average Bonchev–Trinajstić information content (AvgIpc) is 3.23. The first-order chi connectivity index (χ1) is 30.1. The summed E-state index contributed by atoms with van der Waals surface area (Å²) < 4.78 is 17.2. The molecule has 0 rings (SSSR count).